The summed E-state index contributed by atoms with van der Waals surface area (Å²) in [5, 5.41) is 0. The monoisotopic (exact) mass is 458 g/mol. The van der Waals surface area contributed by atoms with E-state index in [-0.39, 0.29) is 4.83 Å². The fraction of sp³-hybridized carbons (Fsp3) is 0.167. The molecule has 0 aliphatic heterocycles. The molecule has 0 aliphatic rings. The number of hydrogen-bond donors (Lipinski definition) is 0. The Kier molecular flexibility index (Phi) is 4.62. The number of thiophene rings is 1. The summed E-state index contributed by atoms with van der Waals surface area (Å²) in [5.41, 5.74) is 1.78. The molecule has 0 spiro atoms. The van der Waals surface area contributed by atoms with Gasteiger partial charge in [0.1, 0.15) is 11.6 Å². The molecule has 0 nitrogen and oxygen atoms in total. The van der Waals surface area contributed by atoms with Crippen LogP contribution in [0.5, 0.6) is 0 Å². The molecule has 6 heteroatoms. The van der Waals surface area contributed by atoms with Gasteiger partial charge >= 0.3 is 0 Å². The molecule has 2 aromatic rings. The molecule has 0 bridgehead atoms. The predicted molar refractivity (Wildman–Crippen MR) is 81.6 cm³/mol. The van der Waals surface area contributed by atoms with Crippen molar-refractivity contribution in [3.05, 3.63) is 54.1 Å². The molecular weight excluding hydrogens is 454 g/mol. The molecule has 1 unspecified atom stereocenters. The Labute approximate surface area is 133 Å². The first-order chi connectivity index (χ1) is 8.40. The molecule has 96 valence electrons. The maximum atomic E-state index is 13.8. The third-order valence-electron chi connectivity index (χ3n) is 2.51. The van der Waals surface area contributed by atoms with E-state index in [1.807, 2.05) is 6.07 Å². The SMILES string of the molecule is Cc1cc(C(Br)c2cc(Br)sc2Br)c(F)cc1F. The third kappa shape index (κ3) is 2.86. The zero-order valence-corrected chi connectivity index (χ0v) is 14.7. The lowest BCUT2D eigenvalue weighted by Gasteiger charge is -2.12. The Bertz CT molecular complexity index is 595. The van der Waals surface area contributed by atoms with Gasteiger partial charge in [-0.25, -0.2) is 8.78 Å². The summed E-state index contributed by atoms with van der Waals surface area (Å²) >= 11 is 11.8. The van der Waals surface area contributed by atoms with Gasteiger partial charge in [0.2, 0.25) is 0 Å². The minimum absolute atomic E-state index is 0.311. The second-order valence-electron chi connectivity index (χ2n) is 3.77. The third-order valence-corrected chi connectivity index (χ3v) is 5.88. The van der Waals surface area contributed by atoms with Crippen molar-refractivity contribution in [2.24, 2.45) is 0 Å². The first-order valence-electron chi connectivity index (χ1n) is 4.94. The first kappa shape index (κ1) is 14.6. The lowest BCUT2D eigenvalue weighted by Crippen LogP contribution is -1.98. The molecule has 0 radical (unpaired) electrons. The quantitative estimate of drug-likeness (QED) is 0.458. The number of rotatable bonds is 2. The fourth-order valence-electron chi connectivity index (χ4n) is 1.57. The number of halogens is 5. The van der Waals surface area contributed by atoms with Crippen molar-refractivity contribution in [2.45, 2.75) is 11.8 Å². The molecule has 1 atom stereocenters. The highest BCUT2D eigenvalue weighted by atomic mass is 79.9. The van der Waals surface area contributed by atoms with Crippen molar-refractivity contribution < 1.29 is 8.78 Å². The second-order valence-corrected chi connectivity index (χ2v) is 8.43. The maximum absolute atomic E-state index is 13.8. The van der Waals surface area contributed by atoms with Gasteiger partial charge in [-0.2, -0.15) is 0 Å². The van der Waals surface area contributed by atoms with Crippen LogP contribution in [0.15, 0.2) is 25.8 Å². The molecule has 2 rings (SSSR count). The molecular formula is C12H7Br3F2S. The molecule has 0 N–H and O–H groups in total. The number of alkyl halides is 1. The van der Waals surface area contributed by atoms with E-state index in [0.29, 0.717) is 11.1 Å². The van der Waals surface area contributed by atoms with Crippen LogP contribution in [-0.4, -0.2) is 0 Å². The Morgan fingerprint density at radius 2 is 1.72 bits per heavy atom. The number of aryl methyl sites for hydroxylation is 1. The van der Waals surface area contributed by atoms with Crippen LogP contribution in [0, 0.1) is 18.6 Å². The van der Waals surface area contributed by atoms with Crippen molar-refractivity contribution in [1.82, 2.24) is 0 Å². The topological polar surface area (TPSA) is 0 Å². The normalized spacial score (nSPS) is 12.8. The summed E-state index contributed by atoms with van der Waals surface area (Å²) in [5.74, 6) is -1.07. The van der Waals surface area contributed by atoms with Crippen molar-refractivity contribution in [2.75, 3.05) is 0 Å². The lowest BCUT2D eigenvalue weighted by atomic mass is 10.0. The summed E-state index contributed by atoms with van der Waals surface area (Å²) < 4.78 is 28.9. The second kappa shape index (κ2) is 5.69. The van der Waals surface area contributed by atoms with E-state index in [1.165, 1.54) is 17.4 Å². The smallest absolute Gasteiger partial charge is 0.130 e. The van der Waals surface area contributed by atoms with Crippen LogP contribution in [0.1, 0.15) is 21.5 Å². The first-order valence-corrected chi connectivity index (χ1v) is 8.26. The number of hydrogen-bond acceptors (Lipinski definition) is 1. The van der Waals surface area contributed by atoms with Crippen LogP contribution in [0.4, 0.5) is 8.78 Å². The average molecular weight is 461 g/mol. The summed E-state index contributed by atoms with van der Waals surface area (Å²) in [4.78, 5) is -0.311. The molecule has 0 saturated carbocycles. The lowest BCUT2D eigenvalue weighted by molar-refractivity contribution is 0.569. The van der Waals surface area contributed by atoms with E-state index in [0.717, 1.165) is 19.2 Å². The molecule has 1 aromatic carbocycles. The maximum Gasteiger partial charge on any atom is 0.130 e. The Morgan fingerprint density at radius 3 is 2.28 bits per heavy atom. The van der Waals surface area contributed by atoms with Crippen molar-refractivity contribution in [3.8, 4) is 0 Å². The van der Waals surface area contributed by atoms with Gasteiger partial charge in [-0.15, -0.1) is 11.3 Å². The van der Waals surface area contributed by atoms with Gasteiger partial charge < -0.3 is 0 Å². The van der Waals surface area contributed by atoms with Crippen LogP contribution >= 0.6 is 59.1 Å². The average Bonchev–Trinajstić information content (AvgIpc) is 2.62. The van der Waals surface area contributed by atoms with Gasteiger partial charge in [0, 0.05) is 11.6 Å². The highest BCUT2D eigenvalue weighted by Crippen LogP contribution is 2.42. The van der Waals surface area contributed by atoms with Crippen molar-refractivity contribution in [1.29, 1.82) is 0 Å². The van der Waals surface area contributed by atoms with E-state index < -0.39 is 11.6 Å². The zero-order chi connectivity index (χ0) is 13.4. The predicted octanol–water partition coefficient (Wildman–Crippen LogP) is 6.34. The van der Waals surface area contributed by atoms with Gasteiger partial charge in [0.15, 0.2) is 0 Å². The van der Waals surface area contributed by atoms with E-state index in [1.54, 1.807) is 6.92 Å². The van der Waals surface area contributed by atoms with Gasteiger partial charge in [-0.3, -0.25) is 0 Å². The van der Waals surface area contributed by atoms with Crippen molar-refractivity contribution in [3.63, 3.8) is 0 Å². The number of benzene rings is 1. The van der Waals surface area contributed by atoms with Gasteiger partial charge in [0.05, 0.1) is 12.4 Å². The summed E-state index contributed by atoms with van der Waals surface area (Å²) in [7, 11) is 0. The molecule has 0 amide bonds. The standard InChI is InChI=1S/C12H7Br3F2S/c1-5-2-6(9(17)4-8(5)16)11(14)7-3-10(13)18-12(7)15/h2-4,11H,1H3. The Morgan fingerprint density at radius 1 is 1.06 bits per heavy atom. The van der Waals surface area contributed by atoms with E-state index in [4.69, 9.17) is 0 Å². The van der Waals surface area contributed by atoms with E-state index in [9.17, 15) is 8.78 Å². The Hall–Kier alpha value is 0.220. The summed E-state index contributed by atoms with van der Waals surface area (Å²) in [6.45, 7) is 1.62. The van der Waals surface area contributed by atoms with Crippen LogP contribution in [0.2, 0.25) is 0 Å². The van der Waals surface area contributed by atoms with Crippen LogP contribution in [0.25, 0.3) is 0 Å². The molecule has 0 fully saturated rings. The van der Waals surface area contributed by atoms with Crippen molar-refractivity contribution >= 4 is 59.1 Å². The molecule has 18 heavy (non-hydrogen) atoms. The summed E-state index contributed by atoms with van der Waals surface area (Å²) in [6.07, 6.45) is 0. The highest BCUT2D eigenvalue weighted by Gasteiger charge is 2.20. The van der Waals surface area contributed by atoms with Gasteiger partial charge in [-0.1, -0.05) is 15.9 Å². The zero-order valence-electron chi connectivity index (χ0n) is 9.11. The summed E-state index contributed by atoms with van der Waals surface area (Å²) in [6, 6.07) is 4.36. The minimum atomic E-state index is -0.547. The molecule has 0 aliphatic carbocycles. The van der Waals surface area contributed by atoms with Gasteiger partial charge in [0.25, 0.3) is 0 Å². The Balaban J connectivity index is 2.49. The van der Waals surface area contributed by atoms with Crippen LogP contribution in [-0.2, 0) is 0 Å². The minimum Gasteiger partial charge on any atom is -0.207 e. The van der Waals surface area contributed by atoms with Crippen LogP contribution in [0.3, 0.4) is 0 Å². The van der Waals surface area contributed by atoms with E-state index >= 15 is 0 Å². The van der Waals surface area contributed by atoms with Gasteiger partial charge in [-0.05, 0) is 62.0 Å². The largest absolute Gasteiger partial charge is 0.207 e. The van der Waals surface area contributed by atoms with Crippen LogP contribution < -0.4 is 0 Å². The fourth-order valence-corrected chi connectivity index (χ4v) is 5.64. The molecule has 1 heterocycles. The molecule has 0 saturated heterocycles. The molecule has 1 aromatic heterocycles. The van der Waals surface area contributed by atoms with E-state index in [2.05, 4.69) is 47.8 Å². The highest BCUT2D eigenvalue weighted by molar-refractivity contribution is 9.12.